The van der Waals surface area contributed by atoms with Gasteiger partial charge in [-0.15, -0.1) is 0 Å². The molecule has 2 amide bonds. The van der Waals surface area contributed by atoms with Crippen LogP contribution in [0.2, 0.25) is 0 Å². The minimum Gasteiger partial charge on any atom is -0.462 e. The van der Waals surface area contributed by atoms with Crippen LogP contribution in [0.5, 0.6) is 0 Å². The number of hydrogen-bond donors (Lipinski definition) is 2. The van der Waals surface area contributed by atoms with E-state index >= 15 is 0 Å². The van der Waals surface area contributed by atoms with Crippen LogP contribution < -0.4 is 5.32 Å². The first kappa shape index (κ1) is 13.0. The number of amides is 2. The highest BCUT2D eigenvalue weighted by molar-refractivity contribution is 6.00. The minimum absolute atomic E-state index is 0.180. The highest BCUT2D eigenvalue weighted by atomic mass is 16.5. The first-order chi connectivity index (χ1) is 7.97. The fourth-order valence-corrected chi connectivity index (χ4v) is 1.19. The summed E-state index contributed by atoms with van der Waals surface area (Å²) in [5.74, 6) is -0.326. The molecule has 0 unspecified atom stereocenters. The molecule has 1 rings (SSSR count). The molecule has 0 spiro atoms. The molecule has 1 heterocycles. The Labute approximate surface area is 99.1 Å². The molecule has 7 nitrogen and oxygen atoms in total. The second-order valence-electron chi connectivity index (χ2n) is 3.62. The maximum absolute atomic E-state index is 11.7. The topological polar surface area (TPSA) is 87.3 Å². The third-order valence-corrected chi connectivity index (χ3v) is 2.06. The van der Waals surface area contributed by atoms with Gasteiger partial charge in [-0.3, -0.25) is 10.4 Å². The van der Waals surface area contributed by atoms with Crippen molar-refractivity contribution >= 4 is 17.8 Å². The number of aryl methyl sites for hydroxylation is 1. The molecule has 94 valence electrons. The molecule has 0 aliphatic rings. The Balaban J connectivity index is 2.94. The number of rotatable bonds is 3. The normalized spacial score (nSPS) is 9.88. The van der Waals surface area contributed by atoms with Gasteiger partial charge in [0.05, 0.1) is 6.61 Å². The second-order valence-corrected chi connectivity index (χ2v) is 3.62. The molecule has 0 aliphatic heterocycles. The highest BCUT2D eigenvalue weighted by Crippen LogP contribution is 2.17. The maximum atomic E-state index is 11.7. The largest absolute Gasteiger partial charge is 0.462 e. The molecular weight excluding hydrogens is 224 g/mol. The van der Waals surface area contributed by atoms with Gasteiger partial charge in [0, 0.05) is 19.8 Å². The third kappa shape index (κ3) is 2.96. The summed E-state index contributed by atoms with van der Waals surface area (Å²) < 4.78 is 4.89. The van der Waals surface area contributed by atoms with Crippen molar-refractivity contribution in [2.24, 2.45) is 0 Å². The summed E-state index contributed by atoms with van der Waals surface area (Å²) in [6, 6.07) is -0.359. The molecule has 0 saturated carbocycles. The lowest BCUT2D eigenvalue weighted by molar-refractivity contribution is 0.0527. The number of urea groups is 1. The third-order valence-electron chi connectivity index (χ3n) is 2.06. The summed E-state index contributed by atoms with van der Waals surface area (Å²) in [5.41, 5.74) is 0.805. The second kappa shape index (κ2) is 5.33. The molecular formula is C10H16N4O3. The summed E-state index contributed by atoms with van der Waals surface area (Å²) in [4.78, 5) is 24.5. The predicted molar refractivity (Wildman–Crippen MR) is 62.0 cm³/mol. The average Bonchev–Trinajstić information content (AvgIpc) is 2.60. The molecule has 0 aromatic carbocycles. The van der Waals surface area contributed by atoms with Gasteiger partial charge in [-0.25, -0.2) is 9.59 Å². The van der Waals surface area contributed by atoms with Gasteiger partial charge in [0.15, 0.2) is 5.82 Å². The quantitative estimate of drug-likeness (QED) is 0.771. The lowest BCUT2D eigenvalue weighted by Crippen LogP contribution is -2.28. The van der Waals surface area contributed by atoms with E-state index in [1.165, 1.54) is 4.90 Å². The zero-order valence-electron chi connectivity index (χ0n) is 10.3. The number of aromatic nitrogens is 2. The van der Waals surface area contributed by atoms with E-state index in [9.17, 15) is 9.59 Å². The van der Waals surface area contributed by atoms with Crippen molar-refractivity contribution in [2.45, 2.75) is 13.8 Å². The first-order valence-corrected chi connectivity index (χ1v) is 5.17. The zero-order chi connectivity index (χ0) is 13.0. The molecule has 0 bridgehead atoms. The van der Waals surface area contributed by atoms with Crippen LogP contribution in [0.4, 0.5) is 10.6 Å². The van der Waals surface area contributed by atoms with Gasteiger partial charge in [0.25, 0.3) is 0 Å². The highest BCUT2D eigenvalue weighted by Gasteiger charge is 2.21. The van der Waals surface area contributed by atoms with Gasteiger partial charge in [0.2, 0.25) is 0 Å². The molecule has 2 N–H and O–H groups in total. The molecule has 0 aliphatic carbocycles. The number of anilines is 1. The van der Waals surface area contributed by atoms with Crippen LogP contribution in [-0.4, -0.2) is 47.8 Å². The Kier molecular flexibility index (Phi) is 4.08. The Morgan fingerprint density at radius 3 is 2.65 bits per heavy atom. The summed E-state index contributed by atoms with van der Waals surface area (Å²) >= 11 is 0. The molecule has 0 atom stereocenters. The fraction of sp³-hybridized carbons (Fsp3) is 0.500. The Morgan fingerprint density at radius 1 is 1.47 bits per heavy atom. The standard InChI is InChI=1S/C10H16N4O3/c1-5-17-9(15)7-6(2)12-13-8(7)11-10(16)14(3)4/h5H2,1-4H3,(H2,11,12,13,16). The summed E-state index contributed by atoms with van der Waals surface area (Å²) in [6.45, 7) is 3.67. The van der Waals surface area contributed by atoms with Gasteiger partial charge in [-0.2, -0.15) is 5.10 Å². The van der Waals surface area contributed by atoms with Gasteiger partial charge < -0.3 is 9.64 Å². The van der Waals surface area contributed by atoms with Crippen LogP contribution in [0.25, 0.3) is 0 Å². The monoisotopic (exact) mass is 240 g/mol. The summed E-state index contributed by atoms with van der Waals surface area (Å²) in [7, 11) is 3.19. The lowest BCUT2D eigenvalue weighted by atomic mass is 10.2. The summed E-state index contributed by atoms with van der Waals surface area (Å²) in [6.07, 6.45) is 0. The van der Waals surface area contributed by atoms with Crippen molar-refractivity contribution in [1.29, 1.82) is 0 Å². The number of carbonyl (C=O) groups is 2. The van der Waals surface area contributed by atoms with Crippen molar-refractivity contribution in [3.8, 4) is 0 Å². The molecule has 0 radical (unpaired) electrons. The van der Waals surface area contributed by atoms with Crippen LogP contribution in [0.1, 0.15) is 23.0 Å². The average molecular weight is 240 g/mol. The molecule has 17 heavy (non-hydrogen) atoms. The molecule has 7 heteroatoms. The Morgan fingerprint density at radius 2 is 2.12 bits per heavy atom. The van der Waals surface area contributed by atoms with Crippen molar-refractivity contribution < 1.29 is 14.3 Å². The van der Waals surface area contributed by atoms with Crippen molar-refractivity contribution in [3.05, 3.63) is 11.3 Å². The number of esters is 1. The van der Waals surface area contributed by atoms with E-state index in [0.29, 0.717) is 5.69 Å². The van der Waals surface area contributed by atoms with Crippen LogP contribution in [0.15, 0.2) is 0 Å². The molecule has 1 aromatic rings. The Bertz CT molecular complexity index is 425. The van der Waals surface area contributed by atoms with Crippen LogP contribution in [-0.2, 0) is 4.74 Å². The van der Waals surface area contributed by atoms with E-state index < -0.39 is 5.97 Å². The van der Waals surface area contributed by atoms with Crippen LogP contribution >= 0.6 is 0 Å². The van der Waals surface area contributed by atoms with Gasteiger partial charge in [-0.05, 0) is 13.8 Å². The van der Waals surface area contributed by atoms with Crippen LogP contribution in [0, 0.1) is 6.92 Å². The van der Waals surface area contributed by atoms with Crippen molar-refractivity contribution in [2.75, 3.05) is 26.0 Å². The number of aromatic amines is 1. The number of ether oxygens (including phenoxy) is 1. The van der Waals surface area contributed by atoms with E-state index in [1.54, 1.807) is 27.9 Å². The van der Waals surface area contributed by atoms with Gasteiger partial charge >= 0.3 is 12.0 Å². The number of nitrogens with one attached hydrogen (secondary N) is 2. The number of nitrogens with zero attached hydrogens (tertiary/aromatic N) is 2. The Hall–Kier alpha value is -2.05. The maximum Gasteiger partial charge on any atom is 0.343 e. The number of H-pyrrole nitrogens is 1. The van der Waals surface area contributed by atoms with E-state index in [2.05, 4.69) is 15.5 Å². The lowest BCUT2D eigenvalue weighted by Gasteiger charge is -2.11. The first-order valence-electron chi connectivity index (χ1n) is 5.17. The molecule has 0 fully saturated rings. The molecule has 1 aromatic heterocycles. The van der Waals surface area contributed by atoms with Crippen LogP contribution in [0.3, 0.4) is 0 Å². The predicted octanol–water partition coefficient (Wildman–Crippen LogP) is 0.988. The van der Waals surface area contributed by atoms with Crippen molar-refractivity contribution in [1.82, 2.24) is 15.1 Å². The number of hydrogen-bond acceptors (Lipinski definition) is 4. The van der Waals surface area contributed by atoms with Gasteiger partial charge in [0.1, 0.15) is 5.56 Å². The van der Waals surface area contributed by atoms with Crippen molar-refractivity contribution in [3.63, 3.8) is 0 Å². The van der Waals surface area contributed by atoms with E-state index in [1.807, 2.05) is 0 Å². The van der Waals surface area contributed by atoms with E-state index in [4.69, 9.17) is 4.74 Å². The summed E-state index contributed by atoms with van der Waals surface area (Å²) in [5, 5.41) is 9.01. The number of carbonyl (C=O) groups excluding carboxylic acids is 2. The van der Waals surface area contributed by atoms with E-state index in [0.717, 1.165) is 0 Å². The zero-order valence-corrected chi connectivity index (χ0v) is 10.3. The van der Waals surface area contributed by atoms with Gasteiger partial charge in [-0.1, -0.05) is 0 Å². The SMILES string of the molecule is CCOC(=O)c1c(NC(=O)N(C)C)n[nH]c1C. The minimum atomic E-state index is -0.507. The fourth-order valence-electron chi connectivity index (χ4n) is 1.19. The molecule has 0 saturated heterocycles. The smallest absolute Gasteiger partial charge is 0.343 e. The van der Waals surface area contributed by atoms with E-state index in [-0.39, 0.29) is 24.0 Å².